The second-order valence-corrected chi connectivity index (χ2v) is 10.9. The SMILES string of the molecule is CCCCCCCCCCCCCc1n(CCCCCCCCCCC)cc[n+]1CCCCC. The molecule has 200 valence electrons. The van der Waals surface area contributed by atoms with Crippen LogP contribution in [0.3, 0.4) is 0 Å². The Bertz CT molecular complexity index is 533. The van der Waals surface area contributed by atoms with Gasteiger partial charge in [-0.2, -0.15) is 0 Å². The van der Waals surface area contributed by atoms with Crippen molar-refractivity contribution in [3.05, 3.63) is 18.2 Å². The predicted octanol–water partition coefficient (Wildman–Crippen LogP) is 10.4. The summed E-state index contributed by atoms with van der Waals surface area (Å²) in [4.78, 5) is 0. The van der Waals surface area contributed by atoms with Crippen LogP contribution in [0.25, 0.3) is 0 Å². The number of rotatable bonds is 26. The lowest BCUT2D eigenvalue weighted by molar-refractivity contribution is -0.704. The molecule has 1 aromatic rings. The molecule has 0 saturated carbocycles. The normalized spacial score (nSPS) is 11.5. The fourth-order valence-electron chi connectivity index (χ4n) is 5.26. The molecule has 0 aliphatic carbocycles. The average molecular weight is 476 g/mol. The van der Waals surface area contributed by atoms with Crippen LogP contribution in [-0.4, -0.2) is 4.57 Å². The first kappa shape index (κ1) is 31.2. The van der Waals surface area contributed by atoms with Gasteiger partial charge >= 0.3 is 0 Å². The van der Waals surface area contributed by atoms with E-state index < -0.39 is 0 Å². The first-order chi connectivity index (χ1) is 16.8. The summed E-state index contributed by atoms with van der Waals surface area (Å²) in [5, 5.41) is 0. The molecule has 34 heavy (non-hydrogen) atoms. The Morgan fingerprint density at radius 1 is 0.500 bits per heavy atom. The number of aromatic nitrogens is 2. The van der Waals surface area contributed by atoms with Crippen molar-refractivity contribution in [2.24, 2.45) is 0 Å². The highest BCUT2D eigenvalue weighted by atomic mass is 15.1. The molecule has 0 aliphatic heterocycles. The van der Waals surface area contributed by atoms with Gasteiger partial charge in [-0.1, -0.05) is 136 Å². The van der Waals surface area contributed by atoms with Crippen LogP contribution in [0.1, 0.15) is 174 Å². The van der Waals surface area contributed by atoms with E-state index >= 15 is 0 Å². The topological polar surface area (TPSA) is 8.81 Å². The predicted molar refractivity (Wildman–Crippen MR) is 152 cm³/mol. The molecule has 2 heteroatoms. The van der Waals surface area contributed by atoms with Crippen LogP contribution in [0.4, 0.5) is 0 Å². The standard InChI is InChI=1S/C32H63N2/c1-4-7-10-12-14-16-17-18-20-22-24-27-32-33(28-25-9-6-3)30-31-34(32)29-26-23-21-19-15-13-11-8-5-2/h30-31H,4-29H2,1-3H3/q+1. The minimum atomic E-state index is 1.21. The van der Waals surface area contributed by atoms with Gasteiger partial charge in [0.05, 0.1) is 13.1 Å². The minimum Gasteiger partial charge on any atom is -0.234 e. The molecule has 2 nitrogen and oxygen atoms in total. The maximum Gasteiger partial charge on any atom is 0.256 e. The summed E-state index contributed by atoms with van der Waals surface area (Å²) in [5.74, 6) is 1.60. The van der Waals surface area contributed by atoms with Crippen LogP contribution < -0.4 is 4.57 Å². The van der Waals surface area contributed by atoms with E-state index in [0.717, 1.165) is 0 Å². The van der Waals surface area contributed by atoms with Gasteiger partial charge in [0, 0.05) is 6.42 Å². The van der Waals surface area contributed by atoms with E-state index in [9.17, 15) is 0 Å². The lowest BCUT2D eigenvalue weighted by atomic mass is 10.1. The average Bonchev–Trinajstić information content (AvgIpc) is 3.23. The van der Waals surface area contributed by atoms with Gasteiger partial charge in [-0.15, -0.1) is 0 Å². The number of hydrogen-bond acceptors (Lipinski definition) is 0. The molecule has 1 aromatic heterocycles. The summed E-state index contributed by atoms with van der Waals surface area (Å²) in [6.45, 7) is 9.36. The first-order valence-corrected chi connectivity index (χ1v) is 15.9. The van der Waals surface area contributed by atoms with Crippen molar-refractivity contribution in [3.8, 4) is 0 Å². The van der Waals surface area contributed by atoms with Crippen LogP contribution in [0, 0.1) is 0 Å². The van der Waals surface area contributed by atoms with Crippen molar-refractivity contribution >= 4 is 0 Å². The van der Waals surface area contributed by atoms with Gasteiger partial charge in [0.15, 0.2) is 0 Å². The highest BCUT2D eigenvalue weighted by molar-refractivity contribution is 4.84. The summed E-state index contributed by atoms with van der Waals surface area (Å²) in [7, 11) is 0. The van der Waals surface area contributed by atoms with E-state index in [1.54, 1.807) is 5.82 Å². The Morgan fingerprint density at radius 2 is 0.912 bits per heavy atom. The zero-order valence-electron chi connectivity index (χ0n) is 23.9. The minimum absolute atomic E-state index is 1.21. The molecule has 0 atom stereocenters. The quantitative estimate of drug-likeness (QED) is 0.0930. The Labute approximate surface area is 215 Å². The van der Waals surface area contributed by atoms with Crippen molar-refractivity contribution in [3.63, 3.8) is 0 Å². The summed E-state index contributed by atoms with van der Waals surface area (Å²) < 4.78 is 5.18. The largest absolute Gasteiger partial charge is 0.256 e. The monoisotopic (exact) mass is 475 g/mol. The second-order valence-electron chi connectivity index (χ2n) is 10.9. The van der Waals surface area contributed by atoms with Gasteiger partial charge in [0.1, 0.15) is 12.4 Å². The van der Waals surface area contributed by atoms with E-state index in [1.165, 1.54) is 167 Å². The van der Waals surface area contributed by atoms with Crippen LogP contribution in [0.15, 0.2) is 12.4 Å². The molecule has 0 aliphatic rings. The number of aryl methyl sites for hydroxylation is 2. The van der Waals surface area contributed by atoms with Crippen molar-refractivity contribution < 1.29 is 4.57 Å². The molecule has 0 amide bonds. The first-order valence-electron chi connectivity index (χ1n) is 15.9. The van der Waals surface area contributed by atoms with Gasteiger partial charge in [-0.05, 0) is 32.1 Å². The third-order valence-electron chi connectivity index (χ3n) is 7.60. The maximum atomic E-state index is 2.60. The maximum absolute atomic E-state index is 2.60. The zero-order chi connectivity index (χ0) is 24.5. The summed E-state index contributed by atoms with van der Waals surface area (Å²) in [6.07, 6.45) is 38.5. The summed E-state index contributed by atoms with van der Waals surface area (Å²) >= 11 is 0. The fourth-order valence-corrected chi connectivity index (χ4v) is 5.26. The van der Waals surface area contributed by atoms with E-state index in [1.807, 2.05) is 0 Å². The fraction of sp³-hybridized carbons (Fsp3) is 0.906. The third kappa shape index (κ3) is 16.8. The van der Waals surface area contributed by atoms with Gasteiger partial charge in [-0.25, -0.2) is 9.13 Å². The second kappa shape index (κ2) is 23.9. The Morgan fingerprint density at radius 3 is 1.41 bits per heavy atom. The lowest BCUT2D eigenvalue weighted by Crippen LogP contribution is -2.37. The summed E-state index contributed by atoms with van der Waals surface area (Å²) in [5.41, 5.74) is 0. The number of imidazole rings is 1. The van der Waals surface area contributed by atoms with Gasteiger partial charge in [0.2, 0.25) is 0 Å². The molecule has 0 bridgehead atoms. The highest BCUT2D eigenvalue weighted by Crippen LogP contribution is 2.14. The van der Waals surface area contributed by atoms with Crippen LogP contribution >= 0.6 is 0 Å². The third-order valence-corrected chi connectivity index (χ3v) is 7.60. The summed E-state index contributed by atoms with van der Waals surface area (Å²) in [6, 6.07) is 0. The van der Waals surface area contributed by atoms with Gasteiger partial charge in [0.25, 0.3) is 5.82 Å². The number of hydrogen-bond donors (Lipinski definition) is 0. The van der Waals surface area contributed by atoms with Crippen molar-refractivity contribution in [2.45, 2.75) is 188 Å². The smallest absolute Gasteiger partial charge is 0.234 e. The van der Waals surface area contributed by atoms with Crippen molar-refractivity contribution in [1.29, 1.82) is 0 Å². The molecule has 0 unspecified atom stereocenters. The molecular formula is C32H63N2+. The van der Waals surface area contributed by atoms with E-state index in [2.05, 4.69) is 42.3 Å². The van der Waals surface area contributed by atoms with E-state index in [4.69, 9.17) is 0 Å². The molecule has 0 saturated heterocycles. The van der Waals surface area contributed by atoms with Crippen LogP contribution in [0.2, 0.25) is 0 Å². The lowest BCUT2D eigenvalue weighted by Gasteiger charge is -2.07. The zero-order valence-corrected chi connectivity index (χ0v) is 23.9. The molecule has 0 radical (unpaired) electrons. The van der Waals surface area contributed by atoms with Crippen molar-refractivity contribution in [2.75, 3.05) is 0 Å². The number of nitrogens with zero attached hydrogens (tertiary/aromatic N) is 2. The Balaban J connectivity index is 2.25. The number of unbranched alkanes of at least 4 members (excludes halogenated alkanes) is 20. The molecule has 0 N–H and O–H groups in total. The molecule has 0 aromatic carbocycles. The molecule has 1 heterocycles. The molecule has 0 spiro atoms. The Hall–Kier alpha value is -0.790. The van der Waals surface area contributed by atoms with E-state index in [0.29, 0.717) is 0 Å². The van der Waals surface area contributed by atoms with Crippen LogP contribution in [0.5, 0.6) is 0 Å². The highest BCUT2D eigenvalue weighted by Gasteiger charge is 2.16. The molecule has 1 rings (SSSR count). The van der Waals surface area contributed by atoms with Gasteiger partial charge in [-0.3, -0.25) is 0 Å². The Kier molecular flexibility index (Phi) is 22.0. The van der Waals surface area contributed by atoms with Crippen LogP contribution in [-0.2, 0) is 19.5 Å². The molecular weight excluding hydrogens is 412 g/mol. The van der Waals surface area contributed by atoms with E-state index in [-0.39, 0.29) is 0 Å². The van der Waals surface area contributed by atoms with Crippen molar-refractivity contribution in [1.82, 2.24) is 4.57 Å². The van der Waals surface area contributed by atoms with Gasteiger partial charge < -0.3 is 0 Å². The molecule has 0 fully saturated rings.